The number of hydrogen-bond acceptors (Lipinski definition) is 4. The van der Waals surface area contributed by atoms with Crippen LogP contribution in [0, 0.1) is 0 Å². The van der Waals surface area contributed by atoms with Crippen LogP contribution in [0.2, 0.25) is 0 Å². The van der Waals surface area contributed by atoms with Crippen LogP contribution in [-0.4, -0.2) is 52.8 Å². The molecule has 1 saturated heterocycles. The molecule has 1 aliphatic rings. The summed E-state index contributed by atoms with van der Waals surface area (Å²) in [5.74, 6) is -0.627. The minimum Gasteiger partial charge on any atom is -0.378 e. The monoisotopic (exact) mass is 556 g/mol. The van der Waals surface area contributed by atoms with Crippen molar-refractivity contribution in [2.24, 2.45) is 0 Å². The maximum atomic E-state index is 13.6. The Bertz CT molecular complexity index is 1410. The molecule has 1 fully saturated rings. The second-order valence-corrected chi connectivity index (χ2v) is 9.42. The first-order valence-corrected chi connectivity index (χ1v) is 12.7. The summed E-state index contributed by atoms with van der Waals surface area (Å²) in [5.41, 5.74) is 3.84. The molecule has 1 N–H and O–H groups in total. The van der Waals surface area contributed by atoms with Crippen LogP contribution in [0.25, 0.3) is 23.0 Å². The average molecular weight is 557 g/mol. The van der Waals surface area contributed by atoms with E-state index >= 15 is 0 Å². The summed E-state index contributed by atoms with van der Waals surface area (Å²) in [4.78, 5) is 28.4. The van der Waals surface area contributed by atoms with Gasteiger partial charge in [-0.15, -0.1) is 0 Å². The molecule has 0 spiro atoms. The number of nitrogens with zero attached hydrogens (tertiary/aromatic N) is 3. The zero-order valence-electron chi connectivity index (χ0n) is 20.0. The van der Waals surface area contributed by atoms with Crippen LogP contribution < -0.4 is 5.32 Å². The maximum absolute atomic E-state index is 13.6. The van der Waals surface area contributed by atoms with Crippen molar-refractivity contribution < 1.29 is 14.3 Å². The molecule has 0 bridgehead atoms. The molecular formula is C29H25BrN4O3. The second-order valence-electron chi connectivity index (χ2n) is 8.50. The number of morpholine rings is 1. The summed E-state index contributed by atoms with van der Waals surface area (Å²) in [7, 11) is 0. The lowest BCUT2D eigenvalue weighted by Crippen LogP contribution is -2.44. The topological polar surface area (TPSA) is 76.5 Å². The molecule has 186 valence electrons. The molecule has 2 amide bonds. The van der Waals surface area contributed by atoms with Crippen molar-refractivity contribution in [2.75, 3.05) is 26.3 Å². The summed E-state index contributed by atoms with van der Waals surface area (Å²) in [5, 5.41) is 7.70. The lowest BCUT2D eigenvalue weighted by Gasteiger charge is -2.27. The molecule has 1 aromatic heterocycles. The Kier molecular flexibility index (Phi) is 7.58. The van der Waals surface area contributed by atoms with Crippen molar-refractivity contribution in [3.05, 3.63) is 112 Å². The van der Waals surface area contributed by atoms with E-state index in [1.165, 1.54) is 0 Å². The van der Waals surface area contributed by atoms with Crippen molar-refractivity contribution in [1.82, 2.24) is 20.0 Å². The molecule has 5 rings (SSSR count). The van der Waals surface area contributed by atoms with Gasteiger partial charge in [-0.3, -0.25) is 9.59 Å². The van der Waals surface area contributed by atoms with Crippen LogP contribution in [-0.2, 0) is 9.53 Å². The van der Waals surface area contributed by atoms with E-state index in [2.05, 4.69) is 21.2 Å². The van der Waals surface area contributed by atoms with Gasteiger partial charge in [0.2, 0.25) is 0 Å². The quantitative estimate of drug-likeness (QED) is 0.341. The Hall–Kier alpha value is -4.01. The van der Waals surface area contributed by atoms with Crippen molar-refractivity contribution in [2.45, 2.75) is 0 Å². The van der Waals surface area contributed by atoms with Gasteiger partial charge in [0.15, 0.2) is 0 Å². The lowest BCUT2D eigenvalue weighted by molar-refractivity contribution is -0.131. The number of nitrogens with one attached hydrogen (secondary N) is 1. The molecule has 1 aliphatic heterocycles. The van der Waals surface area contributed by atoms with E-state index in [9.17, 15) is 9.59 Å². The number of rotatable bonds is 6. The number of aromatic nitrogens is 2. The van der Waals surface area contributed by atoms with Crippen molar-refractivity contribution >= 4 is 33.8 Å². The Morgan fingerprint density at radius 1 is 0.892 bits per heavy atom. The summed E-state index contributed by atoms with van der Waals surface area (Å²) in [6.07, 6.45) is 3.58. The Labute approximate surface area is 223 Å². The van der Waals surface area contributed by atoms with E-state index in [1.807, 2.05) is 66.9 Å². The molecule has 0 radical (unpaired) electrons. The summed E-state index contributed by atoms with van der Waals surface area (Å²) in [6, 6.07) is 26.5. The highest BCUT2D eigenvalue weighted by Crippen LogP contribution is 2.26. The van der Waals surface area contributed by atoms with Gasteiger partial charge < -0.3 is 15.0 Å². The number of ether oxygens (including phenoxy) is 1. The van der Waals surface area contributed by atoms with E-state index in [0.29, 0.717) is 43.1 Å². The normalized spacial score (nSPS) is 13.9. The minimum atomic E-state index is -0.364. The zero-order valence-corrected chi connectivity index (χ0v) is 21.6. The molecule has 0 unspecified atom stereocenters. The summed E-state index contributed by atoms with van der Waals surface area (Å²) < 4.78 is 8.07. The van der Waals surface area contributed by atoms with E-state index < -0.39 is 0 Å². The fraction of sp³-hybridized carbons (Fsp3) is 0.138. The Morgan fingerprint density at radius 3 is 2.22 bits per heavy atom. The molecule has 4 aromatic rings. The predicted octanol–water partition coefficient (Wildman–Crippen LogP) is 4.93. The van der Waals surface area contributed by atoms with Crippen LogP contribution >= 0.6 is 15.9 Å². The Balaban J connectivity index is 1.58. The molecule has 0 atom stereocenters. The number of hydrogen-bond donors (Lipinski definition) is 1. The van der Waals surface area contributed by atoms with Crippen LogP contribution in [0.3, 0.4) is 0 Å². The van der Waals surface area contributed by atoms with Gasteiger partial charge in [-0.2, -0.15) is 5.10 Å². The second kappa shape index (κ2) is 11.4. The van der Waals surface area contributed by atoms with Crippen molar-refractivity contribution in [1.29, 1.82) is 0 Å². The van der Waals surface area contributed by atoms with Gasteiger partial charge in [0, 0.05) is 40.4 Å². The van der Waals surface area contributed by atoms with Crippen molar-refractivity contribution in [3.8, 4) is 16.9 Å². The number of amides is 2. The fourth-order valence-corrected chi connectivity index (χ4v) is 4.33. The SMILES string of the molecule is O=C(N/C(=C/c1cn(-c2ccccc2)nc1-c1ccccc1)C(=O)N1CCOCC1)c1ccc(Br)cc1. The first kappa shape index (κ1) is 24.7. The predicted molar refractivity (Wildman–Crippen MR) is 146 cm³/mol. The van der Waals surface area contributed by atoms with Crippen LogP contribution in [0.1, 0.15) is 15.9 Å². The van der Waals surface area contributed by atoms with Gasteiger partial charge >= 0.3 is 0 Å². The van der Waals surface area contributed by atoms with E-state index in [4.69, 9.17) is 9.84 Å². The van der Waals surface area contributed by atoms with Crippen molar-refractivity contribution in [3.63, 3.8) is 0 Å². The fourth-order valence-electron chi connectivity index (χ4n) is 4.07. The highest BCUT2D eigenvalue weighted by atomic mass is 79.9. The van der Waals surface area contributed by atoms with Gasteiger partial charge in [-0.05, 0) is 42.5 Å². The van der Waals surface area contributed by atoms with E-state index in [1.54, 1.807) is 39.9 Å². The third-order valence-corrected chi connectivity index (χ3v) is 6.52. The molecule has 37 heavy (non-hydrogen) atoms. The molecule has 0 saturated carbocycles. The highest BCUT2D eigenvalue weighted by molar-refractivity contribution is 9.10. The molecule has 0 aliphatic carbocycles. The third kappa shape index (κ3) is 5.87. The molecule has 2 heterocycles. The standard InChI is InChI=1S/C29H25BrN4O3/c30-24-13-11-22(12-14-24)28(35)31-26(29(36)33-15-17-37-18-16-33)19-23-20-34(25-9-5-2-6-10-25)32-27(23)21-7-3-1-4-8-21/h1-14,19-20H,15-18H2,(H,31,35)/b26-19+. The smallest absolute Gasteiger partial charge is 0.270 e. The third-order valence-electron chi connectivity index (χ3n) is 5.99. The van der Waals surface area contributed by atoms with Crippen LogP contribution in [0.5, 0.6) is 0 Å². The largest absolute Gasteiger partial charge is 0.378 e. The number of para-hydroxylation sites is 1. The van der Waals surface area contributed by atoms with Crippen LogP contribution in [0.4, 0.5) is 0 Å². The average Bonchev–Trinajstić information content (AvgIpc) is 3.38. The number of carbonyl (C=O) groups excluding carboxylic acids is 2. The zero-order chi connectivity index (χ0) is 25.6. The van der Waals surface area contributed by atoms with Gasteiger partial charge in [0.1, 0.15) is 11.4 Å². The maximum Gasteiger partial charge on any atom is 0.270 e. The Morgan fingerprint density at radius 2 is 1.54 bits per heavy atom. The molecule has 7 nitrogen and oxygen atoms in total. The van der Waals surface area contributed by atoms with E-state index in [-0.39, 0.29) is 17.5 Å². The first-order valence-electron chi connectivity index (χ1n) is 11.9. The highest BCUT2D eigenvalue weighted by Gasteiger charge is 2.24. The number of carbonyl (C=O) groups is 2. The van der Waals surface area contributed by atoms with E-state index in [0.717, 1.165) is 15.7 Å². The number of benzene rings is 3. The first-order chi connectivity index (χ1) is 18.1. The number of halogens is 1. The lowest BCUT2D eigenvalue weighted by atomic mass is 10.1. The summed E-state index contributed by atoms with van der Waals surface area (Å²) in [6.45, 7) is 1.83. The van der Waals surface area contributed by atoms with Gasteiger partial charge in [0.25, 0.3) is 11.8 Å². The minimum absolute atomic E-state index is 0.180. The molecular weight excluding hydrogens is 532 g/mol. The van der Waals surface area contributed by atoms with Crippen LogP contribution in [0.15, 0.2) is 101 Å². The van der Waals surface area contributed by atoms with Gasteiger partial charge in [-0.1, -0.05) is 64.5 Å². The molecule has 8 heteroatoms. The molecule has 3 aromatic carbocycles. The summed E-state index contributed by atoms with van der Waals surface area (Å²) >= 11 is 3.39. The van der Waals surface area contributed by atoms with Gasteiger partial charge in [0.05, 0.1) is 18.9 Å². The van der Waals surface area contributed by atoms with Gasteiger partial charge in [-0.25, -0.2) is 4.68 Å².